The van der Waals surface area contributed by atoms with Crippen LogP contribution in [0.2, 0.25) is 0 Å². The first-order chi connectivity index (χ1) is 9.38. The Kier molecular flexibility index (Phi) is 3.07. The van der Waals surface area contributed by atoms with E-state index >= 15 is 0 Å². The maximum absolute atomic E-state index is 5.51. The molecule has 0 aromatic carbocycles. The van der Waals surface area contributed by atoms with Gasteiger partial charge in [0.15, 0.2) is 5.82 Å². The van der Waals surface area contributed by atoms with Gasteiger partial charge in [-0.05, 0) is 18.2 Å². The zero-order valence-electron chi connectivity index (χ0n) is 10.2. The van der Waals surface area contributed by atoms with E-state index in [0.29, 0.717) is 11.7 Å². The van der Waals surface area contributed by atoms with Gasteiger partial charge in [0.05, 0.1) is 6.54 Å². The summed E-state index contributed by atoms with van der Waals surface area (Å²) in [6.07, 6.45) is 7.44. The first-order valence-corrected chi connectivity index (χ1v) is 5.93. The fourth-order valence-electron chi connectivity index (χ4n) is 1.97. The van der Waals surface area contributed by atoms with Gasteiger partial charge in [-0.2, -0.15) is 4.98 Å². The Labute approximate surface area is 109 Å². The lowest BCUT2D eigenvalue weighted by Crippen LogP contribution is -2.12. The molecular weight excluding hydrogens is 242 g/mol. The molecule has 3 aromatic rings. The molecule has 1 atom stereocenters. The van der Waals surface area contributed by atoms with Crippen LogP contribution < -0.4 is 5.73 Å². The van der Waals surface area contributed by atoms with Crippen molar-refractivity contribution >= 4 is 0 Å². The Balaban J connectivity index is 2.07. The minimum Gasteiger partial charge on any atom is -0.339 e. The zero-order chi connectivity index (χ0) is 13.1. The van der Waals surface area contributed by atoms with Crippen molar-refractivity contribution in [3.63, 3.8) is 0 Å². The van der Waals surface area contributed by atoms with Gasteiger partial charge in [0.2, 0.25) is 5.89 Å². The maximum atomic E-state index is 5.51. The van der Waals surface area contributed by atoms with Gasteiger partial charge in [-0.1, -0.05) is 11.2 Å². The molecule has 19 heavy (non-hydrogen) atoms. The molecule has 3 rings (SSSR count). The van der Waals surface area contributed by atoms with Gasteiger partial charge in [0, 0.05) is 30.4 Å². The summed E-state index contributed by atoms with van der Waals surface area (Å²) >= 11 is 0. The first kappa shape index (κ1) is 11.6. The highest BCUT2D eigenvalue weighted by Crippen LogP contribution is 2.23. The van der Waals surface area contributed by atoms with E-state index in [-0.39, 0.29) is 12.6 Å². The lowest BCUT2D eigenvalue weighted by Gasteiger charge is -2.15. The van der Waals surface area contributed by atoms with Crippen molar-refractivity contribution in [2.24, 2.45) is 5.73 Å². The average Bonchev–Trinajstić information content (AvgIpc) is 3.12. The normalized spacial score (nSPS) is 12.5. The summed E-state index contributed by atoms with van der Waals surface area (Å²) in [5.74, 6) is 1.00. The molecule has 0 radical (unpaired) electrons. The molecule has 0 bridgehead atoms. The van der Waals surface area contributed by atoms with Crippen molar-refractivity contribution in [1.82, 2.24) is 19.7 Å². The molecule has 6 heteroatoms. The summed E-state index contributed by atoms with van der Waals surface area (Å²) < 4.78 is 7.10. The number of nitrogens with zero attached hydrogens (tertiary/aromatic N) is 4. The predicted octanol–water partition coefficient (Wildman–Crippen LogP) is 1.36. The molecule has 0 fully saturated rings. The molecule has 3 aromatic heterocycles. The SMILES string of the molecule is NCc1nc(C(c2cccnc2)n2cccc2)no1. The van der Waals surface area contributed by atoms with Gasteiger partial charge in [0.25, 0.3) is 0 Å². The van der Waals surface area contributed by atoms with Crippen molar-refractivity contribution < 1.29 is 4.52 Å². The molecule has 0 aliphatic heterocycles. The van der Waals surface area contributed by atoms with E-state index < -0.39 is 0 Å². The van der Waals surface area contributed by atoms with Gasteiger partial charge in [-0.3, -0.25) is 4.98 Å². The molecule has 6 nitrogen and oxygen atoms in total. The second-order valence-electron chi connectivity index (χ2n) is 4.07. The van der Waals surface area contributed by atoms with Crippen LogP contribution in [0, 0.1) is 0 Å². The maximum Gasteiger partial charge on any atom is 0.240 e. The summed E-state index contributed by atoms with van der Waals surface area (Å²) in [5.41, 5.74) is 6.49. The van der Waals surface area contributed by atoms with Crippen molar-refractivity contribution in [3.05, 3.63) is 66.3 Å². The Morgan fingerprint density at radius 3 is 2.74 bits per heavy atom. The topological polar surface area (TPSA) is 82.8 Å². The summed E-state index contributed by atoms with van der Waals surface area (Å²) in [6.45, 7) is 0.235. The molecular formula is C13H13N5O. The Morgan fingerprint density at radius 2 is 2.11 bits per heavy atom. The van der Waals surface area contributed by atoms with E-state index in [9.17, 15) is 0 Å². The van der Waals surface area contributed by atoms with Crippen LogP contribution in [-0.2, 0) is 6.54 Å². The number of hydrogen-bond acceptors (Lipinski definition) is 5. The molecule has 2 N–H and O–H groups in total. The highest BCUT2D eigenvalue weighted by Gasteiger charge is 2.21. The molecule has 0 saturated carbocycles. The largest absolute Gasteiger partial charge is 0.339 e. The van der Waals surface area contributed by atoms with Gasteiger partial charge < -0.3 is 14.8 Å². The molecule has 1 unspecified atom stereocenters. The molecule has 96 valence electrons. The van der Waals surface area contributed by atoms with Crippen molar-refractivity contribution in [1.29, 1.82) is 0 Å². The highest BCUT2D eigenvalue weighted by atomic mass is 16.5. The quantitative estimate of drug-likeness (QED) is 0.761. The van der Waals surface area contributed by atoms with E-state index in [1.165, 1.54) is 0 Å². The predicted molar refractivity (Wildman–Crippen MR) is 68.1 cm³/mol. The average molecular weight is 255 g/mol. The van der Waals surface area contributed by atoms with E-state index in [0.717, 1.165) is 5.56 Å². The second kappa shape index (κ2) is 5.03. The van der Waals surface area contributed by atoms with Gasteiger partial charge >= 0.3 is 0 Å². The molecule has 0 aliphatic rings. The smallest absolute Gasteiger partial charge is 0.240 e. The van der Waals surface area contributed by atoms with Gasteiger partial charge in [-0.25, -0.2) is 0 Å². The van der Waals surface area contributed by atoms with Crippen LogP contribution in [0.5, 0.6) is 0 Å². The third kappa shape index (κ3) is 2.25. The van der Waals surface area contributed by atoms with E-state index in [1.54, 1.807) is 12.4 Å². The minimum atomic E-state index is -0.159. The molecule has 0 aliphatic carbocycles. The number of rotatable bonds is 4. The van der Waals surface area contributed by atoms with Crippen LogP contribution in [0.15, 0.2) is 53.6 Å². The Morgan fingerprint density at radius 1 is 1.26 bits per heavy atom. The van der Waals surface area contributed by atoms with Crippen molar-refractivity contribution in [3.8, 4) is 0 Å². The first-order valence-electron chi connectivity index (χ1n) is 5.93. The lowest BCUT2D eigenvalue weighted by atomic mass is 10.1. The molecule has 0 saturated heterocycles. The zero-order valence-corrected chi connectivity index (χ0v) is 10.2. The second-order valence-corrected chi connectivity index (χ2v) is 4.07. The highest BCUT2D eigenvalue weighted by molar-refractivity contribution is 5.23. The fraction of sp³-hybridized carbons (Fsp3) is 0.154. The molecule has 0 spiro atoms. The van der Waals surface area contributed by atoms with Crippen LogP contribution in [-0.4, -0.2) is 19.7 Å². The van der Waals surface area contributed by atoms with Crippen LogP contribution in [0.4, 0.5) is 0 Å². The summed E-state index contributed by atoms with van der Waals surface area (Å²) in [7, 11) is 0. The van der Waals surface area contributed by atoms with Crippen molar-refractivity contribution in [2.45, 2.75) is 12.6 Å². The van der Waals surface area contributed by atoms with E-state index in [2.05, 4.69) is 15.1 Å². The number of aromatic nitrogens is 4. The van der Waals surface area contributed by atoms with E-state index in [4.69, 9.17) is 10.3 Å². The van der Waals surface area contributed by atoms with Crippen LogP contribution >= 0.6 is 0 Å². The lowest BCUT2D eigenvalue weighted by molar-refractivity contribution is 0.371. The third-order valence-corrected chi connectivity index (χ3v) is 2.83. The van der Waals surface area contributed by atoms with E-state index in [1.807, 2.05) is 41.2 Å². The van der Waals surface area contributed by atoms with Crippen molar-refractivity contribution in [2.75, 3.05) is 0 Å². The molecule has 3 heterocycles. The summed E-state index contributed by atoms with van der Waals surface area (Å²) in [5, 5.41) is 4.00. The number of hydrogen-bond donors (Lipinski definition) is 1. The summed E-state index contributed by atoms with van der Waals surface area (Å²) in [6, 6.07) is 7.61. The minimum absolute atomic E-state index is 0.159. The van der Waals surface area contributed by atoms with Crippen LogP contribution in [0.25, 0.3) is 0 Å². The van der Waals surface area contributed by atoms with Crippen LogP contribution in [0.1, 0.15) is 23.3 Å². The van der Waals surface area contributed by atoms with Crippen LogP contribution in [0.3, 0.4) is 0 Å². The Bertz CT molecular complexity index is 632. The monoisotopic (exact) mass is 255 g/mol. The molecule has 0 amide bonds. The fourth-order valence-corrected chi connectivity index (χ4v) is 1.97. The number of nitrogens with two attached hydrogens (primary N) is 1. The Hall–Kier alpha value is -2.47. The third-order valence-electron chi connectivity index (χ3n) is 2.83. The van der Waals surface area contributed by atoms with Gasteiger partial charge in [-0.15, -0.1) is 0 Å². The summed E-state index contributed by atoms with van der Waals surface area (Å²) in [4.78, 5) is 8.45. The van der Waals surface area contributed by atoms with Gasteiger partial charge in [0.1, 0.15) is 6.04 Å². The number of pyridine rings is 1. The standard InChI is InChI=1S/C13H13N5O/c14-8-11-16-13(17-19-11)12(18-6-1-2-7-18)10-4-3-5-15-9-10/h1-7,9,12H,8,14H2.